The highest BCUT2D eigenvalue weighted by Gasteiger charge is 2.41. The Hall–Kier alpha value is -1.38. The van der Waals surface area contributed by atoms with Gasteiger partial charge in [0.25, 0.3) is 0 Å². The lowest BCUT2D eigenvalue weighted by molar-refractivity contribution is -0.0438. The van der Waals surface area contributed by atoms with Gasteiger partial charge in [-0.1, -0.05) is 19.8 Å². The number of rotatable bonds is 11. The largest absolute Gasteiger partial charge is 0.465 e. The van der Waals surface area contributed by atoms with Crippen molar-refractivity contribution in [1.29, 1.82) is 5.26 Å². The van der Waals surface area contributed by atoms with Crippen LogP contribution in [-0.4, -0.2) is 24.3 Å². The maximum absolute atomic E-state index is 11.6. The zero-order chi connectivity index (χ0) is 21.6. The lowest BCUT2D eigenvalue weighted by Gasteiger charge is -2.45. The van der Waals surface area contributed by atoms with Gasteiger partial charge in [-0.05, 0) is 93.6 Å². The summed E-state index contributed by atoms with van der Waals surface area (Å²) in [4.78, 5) is 13.5. The molecule has 2 saturated carbocycles. The van der Waals surface area contributed by atoms with Crippen LogP contribution in [0.25, 0.3) is 0 Å². The van der Waals surface area contributed by atoms with Crippen LogP contribution in [0.5, 0.6) is 0 Å². The van der Waals surface area contributed by atoms with Gasteiger partial charge in [0.15, 0.2) is 0 Å². The van der Waals surface area contributed by atoms with Gasteiger partial charge in [0.1, 0.15) is 4.88 Å². The summed E-state index contributed by atoms with van der Waals surface area (Å²) in [5.41, 5.74) is 0.188. The van der Waals surface area contributed by atoms with Crippen molar-refractivity contribution < 1.29 is 14.6 Å². The molecule has 5 heteroatoms. The second-order valence-corrected chi connectivity index (χ2v) is 10.6. The fourth-order valence-electron chi connectivity index (χ4n) is 5.77. The number of nitrogens with zero attached hydrogens (tertiary/aromatic N) is 1. The van der Waals surface area contributed by atoms with Crippen LogP contribution in [0.4, 0.5) is 0 Å². The summed E-state index contributed by atoms with van der Waals surface area (Å²) in [7, 11) is 1.42. The molecule has 0 aliphatic heterocycles. The predicted octanol–water partition coefficient (Wildman–Crippen LogP) is 6.13. The fourth-order valence-corrected chi connectivity index (χ4v) is 6.74. The normalized spacial score (nSPS) is 26.0. The van der Waals surface area contributed by atoms with Gasteiger partial charge in [0.05, 0.1) is 19.3 Å². The molecule has 166 valence electrons. The van der Waals surface area contributed by atoms with Crippen LogP contribution in [0.15, 0.2) is 12.1 Å². The van der Waals surface area contributed by atoms with E-state index < -0.39 is 0 Å². The number of aryl methyl sites for hydroxylation is 1. The minimum Gasteiger partial charge on any atom is -0.465 e. The monoisotopic (exact) mass is 431 g/mol. The standard InChI is InChI=1S/C25H37NO3S/c1-3-25(15-6-16-25)23(27)10-5-9-21-18(11-12-19(21)17-26)7-4-8-20-13-14-22(30-20)24(28)29-2/h13-14,18-19,21,23,27H,3-12,15-16H2,1-2H3/t18-,19?,21?,23?/m0/s1. The molecule has 0 amide bonds. The van der Waals surface area contributed by atoms with E-state index in [1.54, 1.807) is 0 Å². The highest BCUT2D eigenvalue weighted by Crippen LogP contribution is 2.48. The van der Waals surface area contributed by atoms with Crippen molar-refractivity contribution >= 4 is 17.3 Å². The van der Waals surface area contributed by atoms with Crippen LogP contribution >= 0.6 is 11.3 Å². The second-order valence-electron chi connectivity index (χ2n) is 9.40. The first-order valence-corrected chi connectivity index (χ1v) is 12.6. The van der Waals surface area contributed by atoms with E-state index in [1.807, 2.05) is 12.1 Å². The smallest absolute Gasteiger partial charge is 0.348 e. The summed E-state index contributed by atoms with van der Waals surface area (Å²) < 4.78 is 4.79. The van der Waals surface area contributed by atoms with Crippen LogP contribution in [0.3, 0.4) is 0 Å². The number of aliphatic hydroxyl groups excluding tert-OH is 1. The van der Waals surface area contributed by atoms with E-state index in [0.717, 1.165) is 57.8 Å². The molecule has 0 saturated heterocycles. The first-order chi connectivity index (χ1) is 14.5. The van der Waals surface area contributed by atoms with Crippen molar-refractivity contribution in [2.75, 3.05) is 7.11 Å². The molecule has 0 aromatic carbocycles. The third kappa shape index (κ3) is 5.26. The topological polar surface area (TPSA) is 70.3 Å². The molecule has 4 nitrogen and oxygen atoms in total. The third-order valence-corrected chi connectivity index (χ3v) is 9.08. The van der Waals surface area contributed by atoms with Crippen LogP contribution in [-0.2, 0) is 11.2 Å². The SMILES string of the molecule is CCC1(C(O)CCCC2C(C#N)CC[C@@H]2CCCc2ccc(C(=O)OC)s2)CCC1. The van der Waals surface area contributed by atoms with Crippen molar-refractivity contribution in [2.24, 2.45) is 23.2 Å². The number of carbonyl (C=O) groups is 1. The van der Waals surface area contributed by atoms with E-state index in [1.165, 1.54) is 42.6 Å². The van der Waals surface area contributed by atoms with Crippen molar-refractivity contribution in [3.05, 3.63) is 21.9 Å². The minimum atomic E-state index is -0.257. The van der Waals surface area contributed by atoms with Gasteiger partial charge in [-0.2, -0.15) is 5.26 Å². The predicted molar refractivity (Wildman–Crippen MR) is 120 cm³/mol. The quantitative estimate of drug-likeness (QED) is 0.428. The molecule has 30 heavy (non-hydrogen) atoms. The number of methoxy groups -OCH3 is 1. The highest BCUT2D eigenvalue weighted by molar-refractivity contribution is 7.13. The van der Waals surface area contributed by atoms with E-state index in [2.05, 4.69) is 13.0 Å². The molecule has 2 aliphatic carbocycles. The molecule has 0 radical (unpaired) electrons. The summed E-state index contributed by atoms with van der Waals surface area (Å²) in [5, 5.41) is 20.3. The zero-order valence-electron chi connectivity index (χ0n) is 18.6. The Balaban J connectivity index is 1.45. The highest BCUT2D eigenvalue weighted by atomic mass is 32.1. The summed E-state index contributed by atoms with van der Waals surface area (Å²) >= 11 is 1.53. The number of esters is 1. The van der Waals surface area contributed by atoms with Crippen LogP contribution in [0.1, 0.15) is 92.1 Å². The van der Waals surface area contributed by atoms with E-state index in [4.69, 9.17) is 4.74 Å². The molecule has 1 aromatic heterocycles. The Morgan fingerprint density at radius 3 is 2.77 bits per heavy atom. The summed E-state index contributed by atoms with van der Waals surface area (Å²) in [6.07, 6.45) is 13.0. The number of carbonyl (C=O) groups excluding carboxylic acids is 1. The molecule has 1 N–H and O–H groups in total. The fraction of sp³-hybridized carbons (Fsp3) is 0.760. The van der Waals surface area contributed by atoms with Crippen molar-refractivity contribution in [3.8, 4) is 6.07 Å². The molecule has 2 fully saturated rings. The van der Waals surface area contributed by atoms with Crippen LogP contribution in [0.2, 0.25) is 0 Å². The molecule has 1 aromatic rings. The van der Waals surface area contributed by atoms with Crippen LogP contribution < -0.4 is 0 Å². The van der Waals surface area contributed by atoms with Crippen LogP contribution in [0, 0.1) is 34.5 Å². The molecule has 3 rings (SSSR count). The molecule has 3 unspecified atom stereocenters. The third-order valence-electron chi connectivity index (χ3n) is 7.96. The summed E-state index contributed by atoms with van der Waals surface area (Å²) in [5.74, 6) is 1.03. The number of thiophene rings is 1. The van der Waals surface area contributed by atoms with E-state index in [9.17, 15) is 15.2 Å². The molecule has 4 atom stereocenters. The number of hydrogen-bond acceptors (Lipinski definition) is 5. The molecule has 2 aliphatic rings. The summed E-state index contributed by atoms with van der Waals surface area (Å²) in [6, 6.07) is 6.45. The number of aliphatic hydroxyl groups is 1. The lowest BCUT2D eigenvalue weighted by Crippen LogP contribution is -2.40. The average Bonchev–Trinajstić information content (AvgIpc) is 3.34. The van der Waals surface area contributed by atoms with E-state index in [-0.39, 0.29) is 23.4 Å². The Morgan fingerprint density at radius 1 is 1.33 bits per heavy atom. The molecule has 1 heterocycles. The zero-order valence-corrected chi connectivity index (χ0v) is 19.4. The summed E-state index contributed by atoms with van der Waals surface area (Å²) in [6.45, 7) is 2.21. The van der Waals surface area contributed by atoms with Gasteiger partial charge in [-0.3, -0.25) is 0 Å². The maximum Gasteiger partial charge on any atom is 0.348 e. The van der Waals surface area contributed by atoms with Gasteiger partial charge >= 0.3 is 5.97 Å². The van der Waals surface area contributed by atoms with Crippen molar-refractivity contribution in [3.63, 3.8) is 0 Å². The molecular formula is C25H37NO3S. The molecule has 0 bridgehead atoms. The lowest BCUT2D eigenvalue weighted by atomic mass is 9.62. The Bertz CT molecular complexity index is 727. The first-order valence-electron chi connectivity index (χ1n) is 11.8. The molecule has 0 spiro atoms. The first kappa shape index (κ1) is 23.3. The maximum atomic E-state index is 11.6. The average molecular weight is 432 g/mol. The van der Waals surface area contributed by atoms with Gasteiger partial charge in [-0.15, -0.1) is 11.3 Å². The van der Waals surface area contributed by atoms with E-state index >= 15 is 0 Å². The number of hydrogen-bond donors (Lipinski definition) is 1. The number of ether oxygens (including phenoxy) is 1. The van der Waals surface area contributed by atoms with E-state index in [0.29, 0.717) is 16.7 Å². The Labute approximate surface area is 185 Å². The van der Waals surface area contributed by atoms with Crippen molar-refractivity contribution in [1.82, 2.24) is 0 Å². The Kier molecular flexibility index (Phi) is 8.36. The van der Waals surface area contributed by atoms with Gasteiger partial charge < -0.3 is 9.84 Å². The minimum absolute atomic E-state index is 0.167. The molecular weight excluding hydrogens is 394 g/mol. The van der Waals surface area contributed by atoms with Crippen molar-refractivity contribution in [2.45, 2.75) is 90.1 Å². The van der Waals surface area contributed by atoms with Gasteiger partial charge in [0, 0.05) is 10.8 Å². The number of nitriles is 1. The van der Waals surface area contributed by atoms with Gasteiger partial charge in [0.2, 0.25) is 0 Å². The second kappa shape index (κ2) is 10.8. The Morgan fingerprint density at radius 2 is 2.13 bits per heavy atom. The van der Waals surface area contributed by atoms with Gasteiger partial charge in [-0.25, -0.2) is 4.79 Å².